The van der Waals surface area contributed by atoms with Gasteiger partial charge >= 0.3 is 0 Å². The lowest BCUT2D eigenvalue weighted by molar-refractivity contribution is 0.588. The maximum absolute atomic E-state index is 13.1. The van der Waals surface area contributed by atoms with E-state index in [2.05, 4.69) is 140 Å². The van der Waals surface area contributed by atoms with Crippen LogP contribution in [0, 0.1) is 0 Å². The maximum Gasteiger partial charge on any atom is 0.109 e. The molecule has 0 spiro atoms. The molecule has 0 bridgehead atoms. The smallest absolute Gasteiger partial charge is 0.109 e. The molecule has 0 aliphatic rings. The molecule has 0 radical (unpaired) electrons. The Morgan fingerprint density at radius 3 is 1.19 bits per heavy atom. The molecule has 7 aromatic rings. The van der Waals surface area contributed by atoms with E-state index in [1.807, 2.05) is 25.5 Å². The van der Waals surface area contributed by atoms with Crippen molar-refractivity contribution in [1.29, 1.82) is 0 Å². The fourth-order valence-corrected chi connectivity index (χ4v) is 7.01. The Labute approximate surface area is 247 Å². The zero-order chi connectivity index (χ0) is 28.7. The molecule has 0 aliphatic carbocycles. The van der Waals surface area contributed by atoms with E-state index >= 15 is 0 Å². The second-order valence-electron chi connectivity index (χ2n) is 11.3. The summed E-state index contributed by atoms with van der Waals surface area (Å²) in [5, 5.41) is 5.70. The number of fused-ring (bicyclic) bond motifs is 2. The molecule has 2 heteroatoms. The molecule has 0 N–H and O–H groups in total. The Balaban J connectivity index is 1.58. The van der Waals surface area contributed by atoms with Crippen molar-refractivity contribution in [3.63, 3.8) is 0 Å². The molecule has 0 aromatic heterocycles. The van der Waals surface area contributed by atoms with Crippen LogP contribution in [0.3, 0.4) is 0 Å². The van der Waals surface area contributed by atoms with Crippen LogP contribution >= 0.6 is 7.14 Å². The average Bonchev–Trinajstić information content (AvgIpc) is 3.04. The highest BCUT2D eigenvalue weighted by Gasteiger charge is 2.19. The Hall–Kier alpha value is -4.71. The Morgan fingerprint density at radius 1 is 0.357 bits per heavy atom. The lowest BCUT2D eigenvalue weighted by Gasteiger charge is -2.19. The first-order valence-electron chi connectivity index (χ1n) is 14.3. The summed E-state index contributed by atoms with van der Waals surface area (Å²) in [5.74, 6) is 0. The molecule has 1 nitrogen and oxygen atoms in total. The van der Waals surface area contributed by atoms with E-state index in [9.17, 15) is 4.57 Å². The maximum atomic E-state index is 13.1. The van der Waals surface area contributed by atoms with Crippen LogP contribution in [-0.2, 0) is 4.57 Å². The fourth-order valence-electron chi connectivity index (χ4n) is 6.11. The first-order valence-corrected chi connectivity index (χ1v) is 16.9. The number of hydrogen-bond donors (Lipinski definition) is 0. The third-order valence-corrected chi connectivity index (χ3v) is 9.65. The van der Waals surface area contributed by atoms with Gasteiger partial charge in [0.2, 0.25) is 0 Å². The summed E-state index contributed by atoms with van der Waals surface area (Å²) in [4.78, 5) is 0. The fraction of sp³-hybridized carbons (Fsp3) is 0.0500. The minimum absolute atomic E-state index is 0.903. The zero-order valence-corrected chi connectivity index (χ0v) is 24.7. The van der Waals surface area contributed by atoms with Gasteiger partial charge in [0.05, 0.1) is 0 Å². The highest BCUT2D eigenvalue weighted by molar-refractivity contribution is 7.70. The lowest BCUT2D eigenvalue weighted by atomic mass is 9.84. The minimum Gasteiger partial charge on any atom is -0.319 e. The van der Waals surface area contributed by atoms with Crippen molar-refractivity contribution in [3.05, 3.63) is 152 Å². The summed E-state index contributed by atoms with van der Waals surface area (Å²) in [7, 11) is -2.41. The molecular formula is C40H31OP. The normalized spacial score (nSPS) is 11.7. The van der Waals surface area contributed by atoms with Crippen LogP contribution in [0.2, 0.25) is 0 Å². The van der Waals surface area contributed by atoms with E-state index in [4.69, 9.17) is 0 Å². The van der Waals surface area contributed by atoms with Crippen molar-refractivity contribution in [2.75, 3.05) is 13.3 Å². The van der Waals surface area contributed by atoms with Crippen LogP contribution in [0.1, 0.15) is 0 Å². The second kappa shape index (κ2) is 10.6. The predicted molar refractivity (Wildman–Crippen MR) is 182 cm³/mol. The first-order chi connectivity index (χ1) is 20.5. The van der Waals surface area contributed by atoms with E-state index < -0.39 is 7.14 Å². The third-order valence-electron chi connectivity index (χ3n) is 8.12. The van der Waals surface area contributed by atoms with Crippen LogP contribution < -0.4 is 5.30 Å². The molecule has 0 fully saturated rings. The SMILES string of the molecule is CP(C)(=O)c1cccc(-c2c3ccccc3c(-c3cc(-c4ccccc4)cc(-c4ccccc4)c3)c3ccccc23)c1. The second-order valence-corrected chi connectivity index (χ2v) is 14.5. The van der Waals surface area contributed by atoms with Gasteiger partial charge in [-0.1, -0.05) is 127 Å². The van der Waals surface area contributed by atoms with Gasteiger partial charge in [-0.25, -0.2) is 0 Å². The molecular weight excluding hydrogens is 527 g/mol. The van der Waals surface area contributed by atoms with Crippen molar-refractivity contribution in [2.24, 2.45) is 0 Å². The van der Waals surface area contributed by atoms with Gasteiger partial charge in [0.1, 0.15) is 7.14 Å². The largest absolute Gasteiger partial charge is 0.319 e. The average molecular weight is 559 g/mol. The molecule has 0 heterocycles. The summed E-state index contributed by atoms with van der Waals surface area (Å²) in [6.07, 6.45) is 0. The van der Waals surface area contributed by atoms with Crippen LogP contribution in [0.25, 0.3) is 66.1 Å². The molecule has 0 saturated heterocycles. The van der Waals surface area contributed by atoms with Crippen LogP contribution in [0.4, 0.5) is 0 Å². The molecule has 0 saturated carbocycles. The van der Waals surface area contributed by atoms with Crippen LogP contribution in [0.15, 0.2) is 152 Å². The van der Waals surface area contributed by atoms with Gasteiger partial charge in [-0.3, -0.25) is 0 Å². The molecule has 42 heavy (non-hydrogen) atoms. The van der Waals surface area contributed by atoms with Gasteiger partial charge in [-0.2, -0.15) is 0 Å². The highest BCUT2D eigenvalue weighted by Crippen LogP contribution is 2.46. The highest BCUT2D eigenvalue weighted by atomic mass is 31.2. The molecule has 0 amide bonds. The van der Waals surface area contributed by atoms with Crippen molar-refractivity contribution in [1.82, 2.24) is 0 Å². The van der Waals surface area contributed by atoms with Crippen molar-refractivity contribution in [3.8, 4) is 44.5 Å². The van der Waals surface area contributed by atoms with Gasteiger partial charge in [-0.05, 0) is 104 Å². The summed E-state index contributed by atoms with van der Waals surface area (Å²) >= 11 is 0. The van der Waals surface area contributed by atoms with Gasteiger partial charge < -0.3 is 4.57 Å². The van der Waals surface area contributed by atoms with Crippen LogP contribution in [-0.4, -0.2) is 13.3 Å². The Kier molecular flexibility index (Phi) is 6.62. The van der Waals surface area contributed by atoms with Gasteiger partial charge in [0.15, 0.2) is 0 Å². The Morgan fingerprint density at radius 2 is 0.738 bits per heavy atom. The van der Waals surface area contributed by atoms with Crippen molar-refractivity contribution < 1.29 is 4.57 Å². The molecule has 202 valence electrons. The molecule has 0 aliphatic heterocycles. The molecule has 0 atom stereocenters. The van der Waals surface area contributed by atoms with E-state index in [0.717, 1.165) is 10.9 Å². The predicted octanol–water partition coefficient (Wildman–Crippen LogP) is 10.9. The van der Waals surface area contributed by atoms with Gasteiger partial charge in [0, 0.05) is 5.30 Å². The zero-order valence-electron chi connectivity index (χ0n) is 23.8. The summed E-state index contributed by atoms with van der Waals surface area (Å²) in [6, 6.07) is 54.0. The third kappa shape index (κ3) is 4.77. The molecule has 7 aromatic carbocycles. The number of rotatable bonds is 5. The number of benzene rings is 7. The minimum atomic E-state index is -2.41. The van der Waals surface area contributed by atoms with E-state index in [1.54, 1.807) is 0 Å². The monoisotopic (exact) mass is 558 g/mol. The van der Waals surface area contributed by atoms with Crippen molar-refractivity contribution in [2.45, 2.75) is 0 Å². The number of hydrogen-bond acceptors (Lipinski definition) is 1. The van der Waals surface area contributed by atoms with Gasteiger partial charge in [0.25, 0.3) is 0 Å². The van der Waals surface area contributed by atoms with Gasteiger partial charge in [-0.15, -0.1) is 0 Å². The molecule has 7 rings (SSSR count). The first kappa shape index (κ1) is 26.2. The lowest BCUT2D eigenvalue weighted by Crippen LogP contribution is -2.02. The summed E-state index contributed by atoms with van der Waals surface area (Å²) in [5.41, 5.74) is 9.48. The summed E-state index contributed by atoms with van der Waals surface area (Å²) in [6.45, 7) is 3.69. The van der Waals surface area contributed by atoms with E-state index in [-0.39, 0.29) is 0 Å². The van der Waals surface area contributed by atoms with Crippen LogP contribution in [0.5, 0.6) is 0 Å². The molecule has 0 unspecified atom stereocenters. The van der Waals surface area contributed by atoms with E-state index in [1.165, 1.54) is 60.5 Å². The standard InChI is InChI=1S/C40H31OP/c1-42(2,41)34-19-13-18-30(27-34)39-35-20-9-11-22-37(35)40(38-23-12-10-21-36(38)39)33-25-31(28-14-5-3-6-15-28)24-32(26-33)29-16-7-4-8-17-29/h3-27H,1-2H3. The van der Waals surface area contributed by atoms with Crippen molar-refractivity contribution >= 4 is 34.0 Å². The van der Waals surface area contributed by atoms with E-state index in [0.29, 0.717) is 0 Å². The quantitative estimate of drug-likeness (QED) is 0.152. The summed E-state index contributed by atoms with van der Waals surface area (Å²) < 4.78 is 13.1. The Bertz CT molecular complexity index is 2010. The topological polar surface area (TPSA) is 17.1 Å².